The molecule has 4 aliphatic carbocycles. The first kappa shape index (κ1) is 32.5. The molecule has 1 aromatic heterocycles. The van der Waals surface area contributed by atoms with Gasteiger partial charge in [-0.15, -0.1) is 0 Å². The molecular weight excluding hydrogens is 677 g/mol. The lowest BCUT2D eigenvalue weighted by Gasteiger charge is -2.34. The molecule has 0 saturated carbocycles. The maximum Gasteiger partial charge on any atom is 0.0582 e. The number of aromatic nitrogens is 1. The zero-order valence-corrected chi connectivity index (χ0v) is 31.0. The Morgan fingerprint density at radius 2 is 1.36 bits per heavy atom. The van der Waals surface area contributed by atoms with E-state index >= 15 is 0 Å². The van der Waals surface area contributed by atoms with E-state index in [4.69, 9.17) is 0 Å². The van der Waals surface area contributed by atoms with Gasteiger partial charge in [-0.25, -0.2) is 0 Å². The molecule has 0 saturated heterocycles. The fourth-order valence-electron chi connectivity index (χ4n) is 9.45. The number of anilines is 2. The summed E-state index contributed by atoms with van der Waals surface area (Å²) in [5, 5.41) is 7.70. The lowest BCUT2D eigenvalue weighted by Crippen LogP contribution is -2.42. The Hall–Kier alpha value is -6.90. The van der Waals surface area contributed by atoms with Crippen molar-refractivity contribution >= 4 is 45.1 Å². The molecule has 11 rings (SSSR count). The van der Waals surface area contributed by atoms with E-state index < -0.39 is 0 Å². The Morgan fingerprint density at radius 3 is 2.23 bits per heavy atom. The van der Waals surface area contributed by atoms with Crippen LogP contribution in [0.4, 0.5) is 11.4 Å². The Balaban J connectivity index is 1.05. The number of rotatable bonds is 6. The molecule has 0 amide bonds. The number of benzene rings is 6. The fraction of sp³-hybridized carbons (Fsp3) is 0.0741. The SMILES string of the molecule is C1=CCC(c2ccc(Nc3ccccc3-c3cccc(C4=CC5=c6c(c7ccccc7n6-c6ccccc6)=C6c7ccccc7C=CC6C5C=C4)c3)cc2)C=C1. The van der Waals surface area contributed by atoms with Crippen LogP contribution in [0, 0.1) is 11.8 Å². The normalized spacial score (nSPS) is 18.9. The van der Waals surface area contributed by atoms with E-state index in [1.54, 1.807) is 0 Å². The van der Waals surface area contributed by atoms with E-state index in [0.29, 0.717) is 5.92 Å². The van der Waals surface area contributed by atoms with Crippen molar-refractivity contribution in [2.75, 3.05) is 5.32 Å². The maximum absolute atomic E-state index is 3.74. The molecular formula is C54H40N2. The van der Waals surface area contributed by atoms with E-state index in [-0.39, 0.29) is 11.8 Å². The third-order valence-electron chi connectivity index (χ3n) is 12.1. The Kier molecular flexibility index (Phi) is 7.81. The standard InChI is InChI=1S/C54H40N2/c1-3-14-36(15-4-1)37-26-30-42(31-27-37)55-50-24-11-9-21-44(50)41-18-13-17-39(34-41)40-29-32-46-47-33-28-38-16-7-8-22-45(38)52(47)53-48-23-10-12-25-51(48)56(54(53)49(46)35-40)43-19-5-2-6-20-43/h1-14,16-36,46-47,55H,15H2. The number of nitrogens with one attached hydrogen (secondary N) is 1. The second-order valence-corrected chi connectivity index (χ2v) is 15.3. The summed E-state index contributed by atoms with van der Waals surface area (Å²) in [6.45, 7) is 0. The molecule has 3 unspecified atom stereocenters. The van der Waals surface area contributed by atoms with Gasteiger partial charge in [-0.05, 0) is 99.5 Å². The van der Waals surface area contributed by atoms with Gasteiger partial charge >= 0.3 is 0 Å². The largest absolute Gasteiger partial charge is 0.355 e. The second-order valence-electron chi connectivity index (χ2n) is 15.3. The highest BCUT2D eigenvalue weighted by atomic mass is 15.0. The van der Waals surface area contributed by atoms with Crippen molar-refractivity contribution in [3.63, 3.8) is 0 Å². The molecule has 56 heavy (non-hydrogen) atoms. The van der Waals surface area contributed by atoms with Crippen LogP contribution in [0.25, 0.3) is 50.5 Å². The third kappa shape index (κ3) is 5.40. The highest BCUT2D eigenvalue weighted by Gasteiger charge is 2.35. The number of hydrogen-bond acceptors (Lipinski definition) is 1. The summed E-state index contributed by atoms with van der Waals surface area (Å²) in [7, 11) is 0. The molecule has 6 aromatic carbocycles. The van der Waals surface area contributed by atoms with E-state index in [9.17, 15) is 0 Å². The van der Waals surface area contributed by atoms with Gasteiger partial charge in [-0.2, -0.15) is 0 Å². The van der Waals surface area contributed by atoms with Crippen LogP contribution in [0.2, 0.25) is 0 Å². The van der Waals surface area contributed by atoms with Crippen LogP contribution in [0.1, 0.15) is 34.6 Å². The molecule has 2 heteroatoms. The Morgan fingerprint density at radius 1 is 0.589 bits per heavy atom. The molecule has 7 aromatic rings. The van der Waals surface area contributed by atoms with Crippen LogP contribution in [0.15, 0.2) is 200 Å². The van der Waals surface area contributed by atoms with Crippen LogP contribution in [-0.4, -0.2) is 4.57 Å². The molecule has 266 valence electrons. The first-order chi connectivity index (χ1) is 27.8. The van der Waals surface area contributed by atoms with Gasteiger partial charge in [-0.3, -0.25) is 0 Å². The number of nitrogens with zero attached hydrogens (tertiary/aromatic N) is 1. The van der Waals surface area contributed by atoms with E-state index in [2.05, 4.69) is 216 Å². The van der Waals surface area contributed by atoms with Crippen molar-refractivity contribution in [2.24, 2.45) is 11.8 Å². The quantitative estimate of drug-likeness (QED) is 0.181. The van der Waals surface area contributed by atoms with Crippen LogP contribution in [0.5, 0.6) is 0 Å². The van der Waals surface area contributed by atoms with Crippen molar-refractivity contribution in [1.29, 1.82) is 0 Å². The molecule has 0 aliphatic heterocycles. The summed E-state index contributed by atoms with van der Waals surface area (Å²) in [5.41, 5.74) is 16.2. The topological polar surface area (TPSA) is 17.0 Å². The first-order valence-electron chi connectivity index (χ1n) is 19.8. The third-order valence-corrected chi connectivity index (χ3v) is 12.1. The van der Waals surface area contributed by atoms with E-state index in [0.717, 1.165) is 17.8 Å². The molecule has 0 bridgehead atoms. The molecule has 3 atom stereocenters. The summed E-state index contributed by atoms with van der Waals surface area (Å²) in [4.78, 5) is 0. The van der Waals surface area contributed by atoms with E-state index in [1.807, 2.05) is 0 Å². The molecule has 0 spiro atoms. The van der Waals surface area contributed by atoms with Crippen LogP contribution >= 0.6 is 0 Å². The summed E-state index contributed by atoms with van der Waals surface area (Å²) in [5.74, 6) is 0.895. The van der Waals surface area contributed by atoms with Gasteiger partial charge in [0, 0.05) is 51.0 Å². The number of hydrogen-bond donors (Lipinski definition) is 1. The van der Waals surface area contributed by atoms with Gasteiger partial charge in [0.2, 0.25) is 0 Å². The number of fused-ring (bicyclic) bond motifs is 8. The van der Waals surface area contributed by atoms with E-state index in [1.165, 1.54) is 77.3 Å². The molecule has 4 aliphatic rings. The molecule has 1 N–H and O–H groups in total. The van der Waals surface area contributed by atoms with Crippen LogP contribution in [-0.2, 0) is 0 Å². The molecule has 2 nitrogen and oxygen atoms in total. The maximum atomic E-state index is 3.74. The predicted octanol–water partition coefficient (Wildman–Crippen LogP) is 11.9. The van der Waals surface area contributed by atoms with Crippen molar-refractivity contribution in [2.45, 2.75) is 12.3 Å². The second kappa shape index (κ2) is 13.4. The van der Waals surface area contributed by atoms with Gasteiger partial charge < -0.3 is 9.88 Å². The van der Waals surface area contributed by atoms with Gasteiger partial charge in [-0.1, -0.05) is 158 Å². The zero-order chi connectivity index (χ0) is 37.0. The van der Waals surface area contributed by atoms with Gasteiger partial charge in [0.1, 0.15) is 0 Å². The van der Waals surface area contributed by atoms with Gasteiger partial charge in [0.15, 0.2) is 0 Å². The molecule has 1 heterocycles. The van der Waals surface area contributed by atoms with Gasteiger partial charge in [0.05, 0.1) is 10.9 Å². The number of para-hydroxylation sites is 3. The minimum Gasteiger partial charge on any atom is -0.355 e. The predicted molar refractivity (Wildman–Crippen MR) is 235 cm³/mol. The summed E-state index contributed by atoms with van der Waals surface area (Å²) >= 11 is 0. The van der Waals surface area contributed by atoms with Crippen LogP contribution in [0.3, 0.4) is 0 Å². The molecule has 0 fully saturated rings. The van der Waals surface area contributed by atoms with Crippen molar-refractivity contribution < 1.29 is 0 Å². The highest BCUT2D eigenvalue weighted by Crippen LogP contribution is 2.45. The minimum atomic E-state index is 0.211. The smallest absolute Gasteiger partial charge is 0.0582 e. The van der Waals surface area contributed by atoms with Crippen molar-refractivity contribution in [3.05, 3.63) is 233 Å². The monoisotopic (exact) mass is 716 g/mol. The minimum absolute atomic E-state index is 0.211. The number of allylic oxidation sites excluding steroid dienone is 9. The van der Waals surface area contributed by atoms with Gasteiger partial charge in [0.25, 0.3) is 0 Å². The summed E-state index contributed by atoms with van der Waals surface area (Å²) < 4.78 is 2.51. The average molecular weight is 717 g/mol. The summed E-state index contributed by atoms with van der Waals surface area (Å²) in [6, 6.07) is 55.4. The highest BCUT2D eigenvalue weighted by molar-refractivity contribution is 5.97. The lowest BCUT2D eigenvalue weighted by molar-refractivity contribution is 0.689. The summed E-state index contributed by atoms with van der Waals surface area (Å²) in [6.07, 6.45) is 22.0. The van der Waals surface area contributed by atoms with Crippen LogP contribution < -0.4 is 15.9 Å². The average Bonchev–Trinajstić information content (AvgIpc) is 3.63. The van der Waals surface area contributed by atoms with Crippen molar-refractivity contribution in [3.8, 4) is 16.8 Å². The Bertz CT molecular complexity index is 2970. The fourth-order valence-corrected chi connectivity index (χ4v) is 9.45. The van der Waals surface area contributed by atoms with Crippen molar-refractivity contribution in [1.82, 2.24) is 4.57 Å². The molecule has 0 radical (unpaired) electrons. The lowest BCUT2D eigenvalue weighted by atomic mass is 9.69. The first-order valence-corrected chi connectivity index (χ1v) is 19.8. The Labute approximate surface area is 327 Å². The zero-order valence-electron chi connectivity index (χ0n) is 31.0.